The van der Waals surface area contributed by atoms with Gasteiger partial charge in [0.1, 0.15) is 7.85 Å². The minimum atomic E-state index is -0.0379. The molecule has 0 aromatic heterocycles. The van der Waals surface area contributed by atoms with E-state index >= 15 is 0 Å². The molecule has 16 heavy (non-hydrogen) atoms. The van der Waals surface area contributed by atoms with E-state index in [-0.39, 0.29) is 12.1 Å². The van der Waals surface area contributed by atoms with E-state index in [4.69, 9.17) is 22.4 Å². The highest BCUT2D eigenvalue weighted by atomic mass is 16.5. The summed E-state index contributed by atoms with van der Waals surface area (Å²) in [7, 11) is 8.30. The van der Waals surface area contributed by atoms with Crippen molar-refractivity contribution < 1.29 is 14.6 Å². The third-order valence-electron chi connectivity index (χ3n) is 2.14. The Kier molecular flexibility index (Phi) is 14.9. The van der Waals surface area contributed by atoms with E-state index in [2.05, 4.69) is 13.8 Å². The second kappa shape index (κ2) is 13.0. The quantitative estimate of drug-likeness (QED) is 0.754. The van der Waals surface area contributed by atoms with Crippen molar-refractivity contribution in [2.75, 3.05) is 14.2 Å². The molecule has 3 nitrogen and oxygen atoms in total. The minimum absolute atomic E-state index is 0.0379. The largest absolute Gasteiger partial charge is 0.400 e. The lowest BCUT2D eigenvalue weighted by atomic mass is 9.97. The number of aliphatic hydroxyl groups excluding tert-OH is 1. The molecule has 1 rings (SSSR count). The van der Waals surface area contributed by atoms with Crippen molar-refractivity contribution in [1.82, 2.24) is 0 Å². The molecule has 3 atom stereocenters. The predicted octanol–water partition coefficient (Wildman–Crippen LogP) is 2.11. The third kappa shape index (κ3) is 10.5. The maximum Gasteiger partial charge on any atom is 0.109 e. The summed E-state index contributed by atoms with van der Waals surface area (Å²) in [5.74, 6) is 0. The molecule has 1 heterocycles. The molecule has 1 fully saturated rings. The molecule has 1 aliphatic heterocycles. The maximum absolute atomic E-state index is 7.00. The van der Waals surface area contributed by atoms with Crippen molar-refractivity contribution in [3.8, 4) is 0 Å². The smallest absolute Gasteiger partial charge is 0.109 e. The SMILES string of the molecule is CCC.CO.[B]C1CCC(CC(C)OC)O1. The molecule has 0 spiro atoms. The van der Waals surface area contributed by atoms with Gasteiger partial charge in [-0.25, -0.2) is 0 Å². The average molecular weight is 230 g/mol. The van der Waals surface area contributed by atoms with Crippen LogP contribution in [0.2, 0.25) is 0 Å². The Hall–Kier alpha value is -0.0551. The molecule has 1 aliphatic rings. The lowest BCUT2D eigenvalue weighted by Gasteiger charge is -2.15. The first-order valence-corrected chi connectivity index (χ1v) is 6.02. The molecule has 0 aromatic rings. The molecular weight excluding hydrogens is 203 g/mol. The van der Waals surface area contributed by atoms with E-state index in [9.17, 15) is 0 Å². The highest BCUT2D eigenvalue weighted by molar-refractivity contribution is 6.11. The topological polar surface area (TPSA) is 38.7 Å². The van der Waals surface area contributed by atoms with E-state index in [0.29, 0.717) is 6.10 Å². The van der Waals surface area contributed by atoms with Crippen molar-refractivity contribution in [2.24, 2.45) is 0 Å². The minimum Gasteiger partial charge on any atom is -0.400 e. The van der Waals surface area contributed by atoms with Gasteiger partial charge in [-0.05, 0) is 26.2 Å². The van der Waals surface area contributed by atoms with Crippen LogP contribution in [0.15, 0.2) is 0 Å². The average Bonchev–Trinajstić information content (AvgIpc) is 2.68. The lowest BCUT2D eigenvalue weighted by molar-refractivity contribution is 0.0279. The highest BCUT2D eigenvalue weighted by Crippen LogP contribution is 2.21. The summed E-state index contributed by atoms with van der Waals surface area (Å²) in [5, 5.41) is 7.00. The van der Waals surface area contributed by atoms with Crippen LogP contribution in [-0.2, 0) is 9.47 Å². The fourth-order valence-corrected chi connectivity index (χ4v) is 1.37. The van der Waals surface area contributed by atoms with Gasteiger partial charge in [0.25, 0.3) is 0 Å². The first-order valence-electron chi connectivity index (χ1n) is 6.02. The molecule has 2 radical (unpaired) electrons. The van der Waals surface area contributed by atoms with Gasteiger partial charge in [0.05, 0.1) is 12.2 Å². The summed E-state index contributed by atoms with van der Waals surface area (Å²) < 4.78 is 10.6. The van der Waals surface area contributed by atoms with E-state index in [1.54, 1.807) is 7.11 Å². The number of ether oxygens (including phenoxy) is 2. The van der Waals surface area contributed by atoms with Crippen LogP contribution < -0.4 is 0 Å². The van der Waals surface area contributed by atoms with Crippen molar-refractivity contribution >= 4 is 7.85 Å². The normalized spacial score (nSPS) is 24.9. The lowest BCUT2D eigenvalue weighted by Crippen LogP contribution is -2.17. The summed E-state index contributed by atoms with van der Waals surface area (Å²) in [4.78, 5) is 0. The van der Waals surface area contributed by atoms with Gasteiger partial charge in [-0.1, -0.05) is 20.3 Å². The molecule has 0 saturated carbocycles. The zero-order valence-corrected chi connectivity index (χ0v) is 11.4. The first kappa shape index (κ1) is 18.3. The fourth-order valence-electron chi connectivity index (χ4n) is 1.37. The Balaban J connectivity index is 0. The Morgan fingerprint density at radius 1 is 1.38 bits per heavy atom. The molecule has 0 amide bonds. The number of aliphatic hydroxyl groups is 1. The molecule has 0 aromatic carbocycles. The van der Waals surface area contributed by atoms with E-state index in [1.807, 2.05) is 6.92 Å². The molecule has 0 aliphatic carbocycles. The Labute approximate surface area is 102 Å². The Morgan fingerprint density at radius 2 is 1.88 bits per heavy atom. The van der Waals surface area contributed by atoms with Crippen LogP contribution in [0.4, 0.5) is 0 Å². The van der Waals surface area contributed by atoms with E-state index < -0.39 is 0 Å². The summed E-state index contributed by atoms with van der Waals surface area (Å²) in [6, 6.07) is -0.0379. The molecule has 96 valence electrons. The first-order chi connectivity index (χ1) is 7.63. The molecule has 1 N–H and O–H groups in total. The molecule has 0 bridgehead atoms. The van der Waals surface area contributed by atoms with Gasteiger partial charge in [-0.2, -0.15) is 0 Å². The molecule has 1 saturated heterocycles. The third-order valence-corrected chi connectivity index (χ3v) is 2.14. The van der Waals surface area contributed by atoms with Gasteiger partial charge in [0, 0.05) is 20.2 Å². The van der Waals surface area contributed by atoms with Crippen molar-refractivity contribution in [3.05, 3.63) is 0 Å². The number of rotatable bonds is 3. The van der Waals surface area contributed by atoms with E-state index in [0.717, 1.165) is 26.4 Å². The summed E-state index contributed by atoms with van der Waals surface area (Å²) in [6.45, 7) is 6.30. The highest BCUT2D eigenvalue weighted by Gasteiger charge is 2.22. The van der Waals surface area contributed by atoms with Gasteiger partial charge in [-0.15, -0.1) is 0 Å². The Morgan fingerprint density at radius 3 is 2.19 bits per heavy atom. The Bertz CT molecular complexity index is 133. The summed E-state index contributed by atoms with van der Waals surface area (Å²) in [5.41, 5.74) is 0. The predicted molar refractivity (Wildman–Crippen MR) is 68.8 cm³/mol. The van der Waals surface area contributed by atoms with Gasteiger partial charge in [-0.3, -0.25) is 0 Å². The van der Waals surface area contributed by atoms with E-state index in [1.165, 1.54) is 6.42 Å². The van der Waals surface area contributed by atoms with Crippen molar-refractivity contribution in [3.63, 3.8) is 0 Å². The summed E-state index contributed by atoms with van der Waals surface area (Å²) in [6.07, 6.45) is 4.88. The standard InChI is InChI=1S/C8H15BO2.C3H8.CH4O/c1-6(10-2)5-7-3-4-8(9)11-7;1-3-2;1-2/h6-8H,3-5H2,1-2H3;3H2,1-2H3;2H,1H3. The summed E-state index contributed by atoms with van der Waals surface area (Å²) >= 11 is 0. The van der Waals surface area contributed by atoms with Crippen LogP contribution in [-0.4, -0.2) is 45.4 Å². The van der Waals surface area contributed by atoms with Gasteiger partial charge < -0.3 is 14.6 Å². The van der Waals surface area contributed by atoms with Crippen LogP contribution in [0.1, 0.15) is 46.5 Å². The number of methoxy groups -OCH3 is 1. The molecule has 4 heteroatoms. The van der Waals surface area contributed by atoms with Gasteiger partial charge >= 0.3 is 0 Å². The second-order valence-corrected chi connectivity index (χ2v) is 3.86. The zero-order chi connectivity index (χ0) is 13.0. The van der Waals surface area contributed by atoms with Crippen LogP contribution in [0.3, 0.4) is 0 Å². The molecule has 3 unspecified atom stereocenters. The van der Waals surface area contributed by atoms with Crippen molar-refractivity contribution in [1.29, 1.82) is 0 Å². The second-order valence-electron chi connectivity index (χ2n) is 3.86. The maximum atomic E-state index is 7.00. The number of hydrogen-bond acceptors (Lipinski definition) is 3. The van der Waals surface area contributed by atoms with Gasteiger partial charge in [0.15, 0.2) is 0 Å². The van der Waals surface area contributed by atoms with Crippen molar-refractivity contribution in [2.45, 2.75) is 64.7 Å². The molecular formula is C12H27BO3. The van der Waals surface area contributed by atoms with Crippen LogP contribution in [0.5, 0.6) is 0 Å². The monoisotopic (exact) mass is 230 g/mol. The van der Waals surface area contributed by atoms with Gasteiger partial charge in [0.2, 0.25) is 0 Å². The fraction of sp³-hybridized carbons (Fsp3) is 1.00. The zero-order valence-electron chi connectivity index (χ0n) is 11.4. The van der Waals surface area contributed by atoms with Crippen LogP contribution in [0.25, 0.3) is 0 Å². The number of hydrogen-bond donors (Lipinski definition) is 1. The van der Waals surface area contributed by atoms with Crippen LogP contribution >= 0.6 is 0 Å². The van der Waals surface area contributed by atoms with Crippen LogP contribution in [0, 0.1) is 0 Å².